The van der Waals surface area contributed by atoms with Crippen LogP contribution in [0.5, 0.6) is 5.75 Å². The van der Waals surface area contributed by atoms with E-state index in [9.17, 15) is 19.1 Å². The number of aliphatic carboxylic acids is 1. The first-order valence-corrected chi connectivity index (χ1v) is 12.8. The first-order chi connectivity index (χ1) is 14.4. The van der Waals surface area contributed by atoms with Gasteiger partial charge in [-0.15, -0.1) is 0 Å². The van der Waals surface area contributed by atoms with Crippen LogP contribution in [-0.2, 0) is 11.3 Å². The summed E-state index contributed by atoms with van der Waals surface area (Å²) in [5, 5.41) is 21.5. The van der Waals surface area contributed by atoms with Gasteiger partial charge in [-0.2, -0.15) is 0 Å². The predicted molar refractivity (Wildman–Crippen MR) is 118 cm³/mol. The number of nitrogens with zero attached hydrogens (tertiary/aromatic N) is 1. The molecule has 0 aromatic heterocycles. The molecule has 1 amide bonds. The normalized spacial score (nSPS) is 22.2. The number of fused-ring (bicyclic) bond motifs is 1. The molecule has 9 heteroatoms. The summed E-state index contributed by atoms with van der Waals surface area (Å²) in [5.74, 6) is -0.555. The van der Waals surface area contributed by atoms with Crippen LogP contribution in [0.3, 0.4) is 0 Å². The average Bonchev–Trinajstić information content (AvgIpc) is 3.05. The van der Waals surface area contributed by atoms with Gasteiger partial charge in [-0.1, -0.05) is 47.4 Å². The Morgan fingerprint density at radius 3 is 2.77 bits per heavy atom. The fraction of sp³-hybridized carbons (Fsp3) is 0.619. The fourth-order valence-corrected chi connectivity index (χ4v) is 6.76. The van der Waals surface area contributed by atoms with Crippen LogP contribution >= 0.6 is 21.6 Å². The average molecular weight is 457 g/mol. The summed E-state index contributed by atoms with van der Waals surface area (Å²) in [6.45, 7) is 3.27. The third-order valence-electron chi connectivity index (χ3n) is 6.09. The molecule has 0 bridgehead atoms. The van der Waals surface area contributed by atoms with Gasteiger partial charge in [-0.3, -0.25) is 14.9 Å². The molecule has 2 aliphatic rings. The van der Waals surface area contributed by atoms with Gasteiger partial charge in [0.15, 0.2) is 11.6 Å². The molecule has 1 aromatic carbocycles. The van der Waals surface area contributed by atoms with Gasteiger partial charge in [-0.25, -0.2) is 4.39 Å². The minimum atomic E-state index is -0.838. The van der Waals surface area contributed by atoms with Gasteiger partial charge in [0.2, 0.25) is 0 Å². The molecule has 1 atom stereocenters. The third-order valence-corrected chi connectivity index (χ3v) is 8.91. The van der Waals surface area contributed by atoms with Crippen LogP contribution in [0.1, 0.15) is 54.9 Å². The zero-order valence-corrected chi connectivity index (χ0v) is 18.7. The number of rotatable bonds is 10. The smallest absolute Gasteiger partial charge is 0.317 e. The Morgan fingerprint density at radius 1 is 1.33 bits per heavy atom. The van der Waals surface area contributed by atoms with E-state index in [2.05, 4.69) is 12.2 Å². The number of carbonyl (C=O) groups excluding carboxylic acids is 1. The van der Waals surface area contributed by atoms with Crippen LogP contribution in [0.25, 0.3) is 0 Å². The lowest BCUT2D eigenvalue weighted by atomic mass is 9.79. The van der Waals surface area contributed by atoms with E-state index in [0.717, 1.165) is 19.3 Å². The number of phenols is 1. The Labute approximate surface area is 184 Å². The second-order valence-electron chi connectivity index (χ2n) is 8.11. The highest BCUT2D eigenvalue weighted by Gasteiger charge is 2.32. The maximum Gasteiger partial charge on any atom is 0.317 e. The molecule has 1 saturated carbocycles. The molecule has 30 heavy (non-hydrogen) atoms. The molecule has 3 N–H and O–H groups in total. The lowest BCUT2D eigenvalue weighted by Gasteiger charge is -2.32. The largest absolute Gasteiger partial charge is 0.505 e. The number of nitrogens with one attached hydrogen (secondary N) is 1. The molecule has 1 aliphatic carbocycles. The highest BCUT2D eigenvalue weighted by atomic mass is 33.1. The highest BCUT2D eigenvalue weighted by Crippen LogP contribution is 2.40. The highest BCUT2D eigenvalue weighted by molar-refractivity contribution is 8.76. The number of hydrogen-bond donors (Lipinski definition) is 3. The van der Waals surface area contributed by atoms with E-state index in [1.807, 2.05) is 10.8 Å². The monoisotopic (exact) mass is 456 g/mol. The Kier molecular flexibility index (Phi) is 8.30. The number of carbonyl (C=O) groups is 2. The van der Waals surface area contributed by atoms with E-state index >= 15 is 0 Å². The van der Waals surface area contributed by atoms with Gasteiger partial charge in [0.25, 0.3) is 5.91 Å². The SMILES string of the molecule is CC(SSCNCC(=O)O)C1CCC(CCN2Cc3ccc(O)c(F)c3C2=O)CC1. The van der Waals surface area contributed by atoms with Gasteiger partial charge < -0.3 is 15.1 Å². The minimum absolute atomic E-state index is 0.00848. The fourth-order valence-electron chi connectivity index (χ4n) is 4.29. The van der Waals surface area contributed by atoms with Crippen molar-refractivity contribution >= 4 is 33.5 Å². The first-order valence-electron chi connectivity index (χ1n) is 10.4. The molecule has 1 aromatic rings. The van der Waals surface area contributed by atoms with Crippen molar-refractivity contribution in [2.75, 3.05) is 19.0 Å². The van der Waals surface area contributed by atoms with E-state index in [1.54, 1.807) is 21.8 Å². The number of carboxylic acid groups (broad SMARTS) is 1. The summed E-state index contributed by atoms with van der Waals surface area (Å²) in [4.78, 5) is 24.7. The van der Waals surface area contributed by atoms with Gasteiger partial charge in [0.1, 0.15) is 0 Å². The maximum absolute atomic E-state index is 14.1. The van der Waals surface area contributed by atoms with Crippen molar-refractivity contribution in [3.05, 3.63) is 29.1 Å². The summed E-state index contributed by atoms with van der Waals surface area (Å²) in [5.41, 5.74) is 0.681. The Morgan fingerprint density at radius 2 is 2.07 bits per heavy atom. The molecule has 166 valence electrons. The summed E-state index contributed by atoms with van der Waals surface area (Å²) < 4.78 is 14.1. The van der Waals surface area contributed by atoms with Crippen LogP contribution in [-0.4, -0.2) is 51.2 Å². The lowest BCUT2D eigenvalue weighted by molar-refractivity contribution is -0.135. The zero-order chi connectivity index (χ0) is 21.7. The maximum atomic E-state index is 14.1. The number of halogens is 1. The third kappa shape index (κ3) is 5.82. The van der Waals surface area contributed by atoms with Crippen LogP contribution in [0, 0.1) is 17.7 Å². The molecular weight excluding hydrogens is 427 g/mol. The number of hydrogen-bond acceptors (Lipinski definition) is 6. The van der Waals surface area contributed by atoms with Gasteiger partial charge >= 0.3 is 5.97 Å². The molecule has 6 nitrogen and oxygen atoms in total. The van der Waals surface area contributed by atoms with Gasteiger partial charge in [0.05, 0.1) is 18.0 Å². The number of phenolic OH excluding ortho intramolecular Hbond substituents is 1. The Hall–Kier alpha value is -1.45. The predicted octanol–water partition coefficient (Wildman–Crippen LogP) is 4.09. The zero-order valence-electron chi connectivity index (χ0n) is 17.1. The standard InChI is InChI=1S/C21H29FN2O4S2/c1-13(30-29-12-23-10-18(26)27)15-4-2-14(3-5-15)8-9-24-11-16-6-7-17(25)20(22)19(16)21(24)28/h6-7,13-15,23,25H,2-5,8-12H2,1H3,(H,26,27). The molecule has 1 fully saturated rings. The molecule has 1 heterocycles. The summed E-state index contributed by atoms with van der Waals surface area (Å²) in [6, 6.07) is 2.94. The lowest BCUT2D eigenvalue weighted by Crippen LogP contribution is -2.28. The van der Waals surface area contributed by atoms with Crippen molar-refractivity contribution in [3.63, 3.8) is 0 Å². The second kappa shape index (κ2) is 10.7. The van der Waals surface area contributed by atoms with Gasteiger partial charge in [0, 0.05) is 18.3 Å². The van der Waals surface area contributed by atoms with Crippen LogP contribution in [0.15, 0.2) is 12.1 Å². The van der Waals surface area contributed by atoms with E-state index in [0.29, 0.717) is 41.6 Å². The number of aromatic hydroxyl groups is 1. The number of benzene rings is 1. The number of carboxylic acids is 1. The molecule has 1 aliphatic heterocycles. The van der Waals surface area contributed by atoms with Crippen LogP contribution in [0.4, 0.5) is 4.39 Å². The van der Waals surface area contributed by atoms with Crippen molar-refractivity contribution < 1.29 is 24.2 Å². The van der Waals surface area contributed by atoms with Crippen LogP contribution < -0.4 is 5.32 Å². The van der Waals surface area contributed by atoms with Crippen molar-refractivity contribution in [2.45, 2.75) is 50.8 Å². The first kappa shape index (κ1) is 23.2. The van der Waals surface area contributed by atoms with Crippen molar-refractivity contribution in [1.29, 1.82) is 0 Å². The number of amides is 1. The Bertz CT molecular complexity index is 772. The molecular formula is C21H29FN2O4S2. The summed E-state index contributed by atoms with van der Waals surface area (Å²) in [6.07, 6.45) is 5.54. The van der Waals surface area contributed by atoms with Crippen LogP contribution in [0.2, 0.25) is 0 Å². The quantitative estimate of drug-likeness (QED) is 0.278. The van der Waals surface area contributed by atoms with E-state index in [-0.39, 0.29) is 18.0 Å². The molecule has 0 spiro atoms. The van der Waals surface area contributed by atoms with Crippen molar-refractivity contribution in [3.8, 4) is 5.75 Å². The van der Waals surface area contributed by atoms with E-state index < -0.39 is 17.5 Å². The molecule has 1 unspecified atom stereocenters. The van der Waals surface area contributed by atoms with E-state index in [4.69, 9.17) is 5.11 Å². The summed E-state index contributed by atoms with van der Waals surface area (Å²) in [7, 11) is 3.49. The molecule has 0 saturated heterocycles. The van der Waals surface area contributed by atoms with Crippen molar-refractivity contribution in [1.82, 2.24) is 10.2 Å². The topological polar surface area (TPSA) is 89.9 Å². The van der Waals surface area contributed by atoms with Gasteiger partial charge in [-0.05, 0) is 42.7 Å². The summed E-state index contributed by atoms with van der Waals surface area (Å²) >= 11 is 0. The second-order valence-corrected chi connectivity index (χ2v) is 10.9. The van der Waals surface area contributed by atoms with E-state index in [1.165, 1.54) is 18.9 Å². The Balaban J connectivity index is 1.36. The van der Waals surface area contributed by atoms with Crippen molar-refractivity contribution in [2.24, 2.45) is 11.8 Å². The molecule has 0 radical (unpaired) electrons. The minimum Gasteiger partial charge on any atom is -0.505 e. The molecule has 3 rings (SSSR count).